The van der Waals surface area contributed by atoms with E-state index in [2.05, 4.69) is 217 Å². The number of fused-ring (bicyclic) bond motifs is 7. The molecule has 1 aromatic heterocycles. The number of aliphatic imine (C=N–C) groups is 1. The number of aryl methyl sites for hydroxylation is 1. The molecule has 274 valence electrons. The Morgan fingerprint density at radius 2 is 1.32 bits per heavy atom. The van der Waals surface area contributed by atoms with Crippen molar-refractivity contribution in [2.45, 2.75) is 37.8 Å². The molecule has 1 aliphatic carbocycles. The van der Waals surface area contributed by atoms with E-state index in [1.165, 1.54) is 61.0 Å². The number of aromatic nitrogens is 1. The lowest BCUT2D eigenvalue weighted by atomic mass is 9.75. The van der Waals surface area contributed by atoms with Gasteiger partial charge in [-0.25, -0.2) is 4.99 Å². The fourth-order valence-corrected chi connectivity index (χ4v) is 9.48. The minimum Gasteiger partial charge on any atom is -0.371 e. The fourth-order valence-electron chi connectivity index (χ4n) is 9.48. The van der Waals surface area contributed by atoms with Gasteiger partial charge in [-0.05, 0) is 120 Å². The van der Waals surface area contributed by atoms with Crippen LogP contribution in [0.15, 0.2) is 193 Å². The number of nitrogens with zero attached hydrogens (tertiary/aromatic N) is 3. The van der Waals surface area contributed by atoms with Crippen molar-refractivity contribution in [2.75, 3.05) is 10.2 Å². The van der Waals surface area contributed by atoms with Crippen LogP contribution in [-0.2, 0) is 11.8 Å². The molecular formula is C53H42N4. The largest absolute Gasteiger partial charge is 0.371 e. The second kappa shape index (κ2) is 13.1. The van der Waals surface area contributed by atoms with Gasteiger partial charge in [0.15, 0.2) is 0 Å². The van der Waals surface area contributed by atoms with Crippen LogP contribution < -0.4 is 10.2 Å². The number of benzene rings is 7. The van der Waals surface area contributed by atoms with Crippen LogP contribution in [0.25, 0.3) is 38.6 Å². The lowest BCUT2D eigenvalue weighted by molar-refractivity contribution is 0.551. The molecule has 0 radical (unpaired) electrons. The third kappa shape index (κ3) is 5.32. The van der Waals surface area contributed by atoms with Crippen LogP contribution in [0, 0.1) is 0 Å². The van der Waals surface area contributed by atoms with Crippen molar-refractivity contribution < 1.29 is 0 Å². The SMILES string of the molecule is CCc1ccc2c(c1)c1cc(-c3ccc4c(c3)C3(C)C=CC=CC3N4c3ccccc3)ccc1n2-c1ccc(C2=Nc3ccccc3NC2c2ccccc2)cc1. The van der Waals surface area contributed by atoms with Crippen molar-refractivity contribution >= 4 is 50.3 Å². The summed E-state index contributed by atoms with van der Waals surface area (Å²) in [5.41, 5.74) is 16.4. The van der Waals surface area contributed by atoms with Gasteiger partial charge in [0.25, 0.3) is 0 Å². The first-order valence-corrected chi connectivity index (χ1v) is 20.1. The monoisotopic (exact) mass is 734 g/mol. The Bertz CT molecular complexity index is 2940. The lowest BCUT2D eigenvalue weighted by Gasteiger charge is -2.34. The molecule has 3 unspecified atom stereocenters. The number of rotatable bonds is 6. The number of nitrogens with one attached hydrogen (secondary N) is 1. The molecule has 2 aliphatic heterocycles. The Labute approximate surface area is 333 Å². The molecule has 1 N–H and O–H groups in total. The molecule has 0 spiro atoms. The van der Waals surface area contributed by atoms with E-state index in [0.29, 0.717) is 0 Å². The zero-order valence-corrected chi connectivity index (χ0v) is 32.1. The van der Waals surface area contributed by atoms with Crippen LogP contribution in [0.1, 0.15) is 42.1 Å². The normalized spacial score (nSPS) is 19.3. The molecule has 0 bridgehead atoms. The average Bonchev–Trinajstić information content (AvgIpc) is 3.74. The van der Waals surface area contributed by atoms with Gasteiger partial charge in [0.1, 0.15) is 0 Å². The first kappa shape index (κ1) is 33.4. The van der Waals surface area contributed by atoms with Crippen molar-refractivity contribution in [3.8, 4) is 16.8 Å². The molecule has 3 heterocycles. The highest BCUT2D eigenvalue weighted by Gasteiger charge is 2.46. The van der Waals surface area contributed by atoms with Gasteiger partial charge in [-0.15, -0.1) is 0 Å². The van der Waals surface area contributed by atoms with Gasteiger partial charge in [-0.3, -0.25) is 0 Å². The van der Waals surface area contributed by atoms with Crippen LogP contribution in [-0.4, -0.2) is 16.3 Å². The van der Waals surface area contributed by atoms with E-state index in [4.69, 9.17) is 4.99 Å². The summed E-state index contributed by atoms with van der Waals surface area (Å²) in [5, 5.41) is 6.32. The van der Waals surface area contributed by atoms with Crippen molar-refractivity contribution in [3.05, 3.63) is 210 Å². The third-order valence-corrected chi connectivity index (χ3v) is 12.5. The summed E-state index contributed by atoms with van der Waals surface area (Å²) in [7, 11) is 0. The first-order chi connectivity index (χ1) is 28.1. The summed E-state index contributed by atoms with van der Waals surface area (Å²) in [6, 6.07) is 60.0. The standard InChI is InChI=1S/C53H42N4/c1-3-35-21-28-47-42(32-35)43-33-38(39-25-30-49-44(34-39)53(2)31-13-12-20-50(53)57(49)40-16-8-5-9-17-40)24-29-48(43)56(47)41-26-22-37(23-27-41)52-51(36-14-6-4-7-15-36)54-45-18-10-11-19-46(45)55-52/h4-34,50-51,54H,3H2,1-2H3. The van der Waals surface area contributed by atoms with E-state index < -0.39 is 0 Å². The topological polar surface area (TPSA) is 32.6 Å². The Morgan fingerprint density at radius 3 is 2.12 bits per heavy atom. The van der Waals surface area contributed by atoms with E-state index in [1.807, 2.05) is 0 Å². The summed E-state index contributed by atoms with van der Waals surface area (Å²) in [4.78, 5) is 7.73. The molecule has 0 saturated carbocycles. The van der Waals surface area contributed by atoms with E-state index in [9.17, 15) is 0 Å². The number of anilines is 3. The highest BCUT2D eigenvalue weighted by Crippen LogP contribution is 2.52. The predicted molar refractivity (Wildman–Crippen MR) is 239 cm³/mol. The Morgan fingerprint density at radius 1 is 0.632 bits per heavy atom. The zero-order chi connectivity index (χ0) is 38.1. The van der Waals surface area contributed by atoms with Gasteiger partial charge >= 0.3 is 0 Å². The van der Waals surface area contributed by atoms with Crippen LogP contribution in [0.3, 0.4) is 0 Å². The summed E-state index contributed by atoms with van der Waals surface area (Å²) < 4.78 is 2.42. The summed E-state index contributed by atoms with van der Waals surface area (Å²) in [5.74, 6) is 0. The summed E-state index contributed by atoms with van der Waals surface area (Å²) in [6.07, 6.45) is 10.1. The third-order valence-electron chi connectivity index (χ3n) is 12.5. The van der Waals surface area contributed by atoms with Gasteiger partial charge in [0, 0.05) is 33.2 Å². The van der Waals surface area contributed by atoms with Crippen LogP contribution in [0.5, 0.6) is 0 Å². The Kier molecular flexibility index (Phi) is 7.68. The molecule has 4 nitrogen and oxygen atoms in total. The quantitative estimate of drug-likeness (QED) is 0.184. The maximum atomic E-state index is 5.23. The molecule has 57 heavy (non-hydrogen) atoms. The molecule has 3 aliphatic rings. The maximum absolute atomic E-state index is 5.23. The van der Waals surface area contributed by atoms with Gasteiger partial charge in [0.05, 0.1) is 40.2 Å². The zero-order valence-electron chi connectivity index (χ0n) is 32.1. The van der Waals surface area contributed by atoms with Crippen molar-refractivity contribution in [3.63, 3.8) is 0 Å². The Hall–Kier alpha value is -6.91. The summed E-state index contributed by atoms with van der Waals surface area (Å²) in [6.45, 7) is 4.62. The minimum atomic E-state index is -0.137. The second-order valence-corrected chi connectivity index (χ2v) is 15.7. The second-order valence-electron chi connectivity index (χ2n) is 15.7. The Balaban J connectivity index is 1.01. The molecule has 3 atom stereocenters. The molecule has 8 aromatic rings. The predicted octanol–water partition coefficient (Wildman–Crippen LogP) is 13.2. The molecule has 4 heteroatoms. The number of allylic oxidation sites excluding steroid dienone is 2. The molecule has 0 saturated heterocycles. The molecule has 0 fully saturated rings. The van der Waals surface area contributed by atoms with Gasteiger partial charge < -0.3 is 14.8 Å². The fraction of sp³-hybridized carbons (Fsp3) is 0.113. The molecule has 11 rings (SSSR count). The van der Waals surface area contributed by atoms with E-state index in [1.54, 1.807) is 0 Å². The lowest BCUT2D eigenvalue weighted by Crippen LogP contribution is -2.39. The highest BCUT2D eigenvalue weighted by molar-refractivity contribution is 6.12. The molecule has 0 amide bonds. The van der Waals surface area contributed by atoms with Crippen LogP contribution in [0.2, 0.25) is 0 Å². The summed E-state index contributed by atoms with van der Waals surface area (Å²) >= 11 is 0. The first-order valence-electron chi connectivity index (χ1n) is 20.1. The van der Waals surface area contributed by atoms with Crippen molar-refractivity contribution in [2.24, 2.45) is 4.99 Å². The average molecular weight is 735 g/mol. The van der Waals surface area contributed by atoms with Crippen LogP contribution >= 0.6 is 0 Å². The van der Waals surface area contributed by atoms with Crippen molar-refractivity contribution in [1.29, 1.82) is 0 Å². The van der Waals surface area contributed by atoms with E-state index >= 15 is 0 Å². The van der Waals surface area contributed by atoms with E-state index in [0.717, 1.165) is 34.8 Å². The molecule has 7 aromatic carbocycles. The van der Waals surface area contributed by atoms with Gasteiger partial charge in [-0.1, -0.05) is 122 Å². The van der Waals surface area contributed by atoms with Crippen LogP contribution in [0.4, 0.5) is 22.7 Å². The molecular weight excluding hydrogens is 693 g/mol. The minimum absolute atomic E-state index is 0.0502. The number of hydrogen-bond donors (Lipinski definition) is 1. The highest BCUT2D eigenvalue weighted by atomic mass is 15.2. The van der Waals surface area contributed by atoms with Crippen molar-refractivity contribution in [1.82, 2.24) is 4.57 Å². The van der Waals surface area contributed by atoms with Gasteiger partial charge in [-0.2, -0.15) is 0 Å². The number of hydrogen-bond acceptors (Lipinski definition) is 3. The van der Waals surface area contributed by atoms with E-state index in [-0.39, 0.29) is 17.5 Å². The number of para-hydroxylation sites is 3. The van der Waals surface area contributed by atoms with Gasteiger partial charge in [0.2, 0.25) is 0 Å². The maximum Gasteiger partial charge on any atom is 0.0947 e. The smallest absolute Gasteiger partial charge is 0.0947 e.